The maximum atomic E-state index is 12.9. The maximum absolute atomic E-state index is 12.9. The van der Waals surface area contributed by atoms with Crippen LogP contribution in [0.4, 0.5) is 5.69 Å². The van der Waals surface area contributed by atoms with Crippen molar-refractivity contribution < 1.29 is 9.53 Å². The first-order chi connectivity index (χ1) is 14.1. The summed E-state index contributed by atoms with van der Waals surface area (Å²) in [6.07, 6.45) is 3.74. The fraction of sp³-hybridized carbons (Fsp3) is 0.318. The molecule has 1 aliphatic rings. The predicted molar refractivity (Wildman–Crippen MR) is 116 cm³/mol. The van der Waals surface area contributed by atoms with E-state index in [-0.39, 0.29) is 11.9 Å². The first-order valence-corrected chi connectivity index (χ1v) is 10.5. The van der Waals surface area contributed by atoms with E-state index in [4.69, 9.17) is 4.74 Å². The Labute approximate surface area is 174 Å². The highest BCUT2D eigenvalue weighted by molar-refractivity contribution is 7.17. The molecule has 1 fully saturated rings. The van der Waals surface area contributed by atoms with Crippen molar-refractivity contribution in [1.82, 2.24) is 15.3 Å². The second-order valence-corrected chi connectivity index (χ2v) is 8.11. The molecule has 6 nitrogen and oxygen atoms in total. The van der Waals surface area contributed by atoms with Gasteiger partial charge in [-0.3, -0.25) is 9.78 Å². The van der Waals surface area contributed by atoms with Crippen molar-refractivity contribution in [1.29, 1.82) is 0 Å². The lowest BCUT2D eigenvalue weighted by molar-refractivity contribution is 0.0936. The Morgan fingerprint density at radius 2 is 2.17 bits per heavy atom. The summed E-state index contributed by atoms with van der Waals surface area (Å²) in [4.78, 5) is 24.8. The third-order valence-corrected chi connectivity index (χ3v) is 6.24. The number of nitrogens with zero attached hydrogens (tertiary/aromatic N) is 3. The van der Waals surface area contributed by atoms with Crippen molar-refractivity contribution in [3.8, 4) is 16.5 Å². The molecular formula is C22H24N4O2S. The fourth-order valence-electron chi connectivity index (χ4n) is 3.59. The molecule has 1 aliphatic heterocycles. The van der Waals surface area contributed by atoms with Crippen LogP contribution < -0.4 is 15.0 Å². The summed E-state index contributed by atoms with van der Waals surface area (Å²) in [6.45, 7) is 3.63. The van der Waals surface area contributed by atoms with E-state index in [9.17, 15) is 4.79 Å². The van der Waals surface area contributed by atoms with Crippen LogP contribution in [0.15, 0.2) is 48.7 Å². The Balaban J connectivity index is 1.45. The van der Waals surface area contributed by atoms with E-state index < -0.39 is 0 Å². The lowest BCUT2D eigenvalue weighted by Gasteiger charge is -2.34. The topological polar surface area (TPSA) is 67.3 Å². The van der Waals surface area contributed by atoms with E-state index in [1.54, 1.807) is 13.3 Å². The molecule has 7 heteroatoms. The Morgan fingerprint density at radius 3 is 2.97 bits per heavy atom. The smallest absolute Gasteiger partial charge is 0.263 e. The Kier molecular flexibility index (Phi) is 5.76. The largest absolute Gasteiger partial charge is 0.497 e. The molecule has 2 aromatic heterocycles. The third kappa shape index (κ3) is 4.40. The van der Waals surface area contributed by atoms with Crippen LogP contribution in [0.3, 0.4) is 0 Å². The zero-order chi connectivity index (χ0) is 20.2. The van der Waals surface area contributed by atoms with Crippen molar-refractivity contribution in [2.24, 2.45) is 0 Å². The number of benzene rings is 1. The van der Waals surface area contributed by atoms with Crippen LogP contribution in [0.5, 0.6) is 5.75 Å². The Morgan fingerprint density at radius 1 is 1.28 bits per heavy atom. The third-order valence-electron chi connectivity index (χ3n) is 5.06. The molecule has 3 aromatic rings. The quantitative estimate of drug-likeness (QED) is 0.693. The monoisotopic (exact) mass is 408 g/mol. The van der Waals surface area contributed by atoms with Crippen molar-refractivity contribution in [3.63, 3.8) is 0 Å². The van der Waals surface area contributed by atoms with Gasteiger partial charge in [0.15, 0.2) is 0 Å². The lowest BCUT2D eigenvalue weighted by Crippen LogP contribution is -2.47. The van der Waals surface area contributed by atoms with Gasteiger partial charge in [-0.05, 0) is 44.0 Å². The summed E-state index contributed by atoms with van der Waals surface area (Å²) < 4.78 is 5.34. The highest BCUT2D eigenvalue weighted by Gasteiger charge is 2.24. The number of hydrogen-bond acceptors (Lipinski definition) is 6. The van der Waals surface area contributed by atoms with E-state index in [0.717, 1.165) is 53.8 Å². The summed E-state index contributed by atoms with van der Waals surface area (Å²) in [5.74, 6) is 0.788. The molecule has 1 atom stereocenters. The van der Waals surface area contributed by atoms with Crippen molar-refractivity contribution in [2.75, 3.05) is 25.1 Å². The molecule has 4 rings (SSSR count). The first kappa shape index (κ1) is 19.4. The first-order valence-electron chi connectivity index (χ1n) is 9.73. The van der Waals surface area contributed by atoms with Gasteiger partial charge in [0.1, 0.15) is 15.6 Å². The number of anilines is 1. The van der Waals surface area contributed by atoms with Gasteiger partial charge in [0.2, 0.25) is 0 Å². The second kappa shape index (κ2) is 8.61. The van der Waals surface area contributed by atoms with Crippen LogP contribution in [0, 0.1) is 6.92 Å². The van der Waals surface area contributed by atoms with Crippen molar-refractivity contribution in [3.05, 3.63) is 59.2 Å². The fourth-order valence-corrected chi connectivity index (χ4v) is 4.54. The van der Waals surface area contributed by atoms with Crippen molar-refractivity contribution >= 4 is 22.9 Å². The van der Waals surface area contributed by atoms with Gasteiger partial charge in [-0.1, -0.05) is 12.1 Å². The van der Waals surface area contributed by atoms with E-state index in [1.807, 2.05) is 43.3 Å². The zero-order valence-corrected chi connectivity index (χ0v) is 17.4. The summed E-state index contributed by atoms with van der Waals surface area (Å²) >= 11 is 1.40. The van der Waals surface area contributed by atoms with Gasteiger partial charge in [0.25, 0.3) is 5.91 Å². The van der Waals surface area contributed by atoms with Gasteiger partial charge < -0.3 is 15.0 Å². The normalized spacial score (nSPS) is 16.5. The number of carbonyl (C=O) groups is 1. The molecule has 29 heavy (non-hydrogen) atoms. The van der Waals surface area contributed by atoms with Gasteiger partial charge >= 0.3 is 0 Å². The number of ether oxygens (including phenoxy) is 1. The molecule has 1 N–H and O–H groups in total. The number of aromatic nitrogens is 2. The predicted octanol–water partition coefficient (Wildman–Crippen LogP) is 3.92. The van der Waals surface area contributed by atoms with Crippen LogP contribution in [0.1, 0.15) is 28.2 Å². The molecule has 1 saturated heterocycles. The summed E-state index contributed by atoms with van der Waals surface area (Å²) in [6, 6.07) is 13.9. The standard InChI is InChI=1S/C22H24N4O2S/c1-15-20(29-22(24-15)19-10-3-4-11-23-19)21(27)25-16-7-6-12-26(14-16)17-8-5-9-18(13-17)28-2/h3-5,8-11,13,16H,6-7,12,14H2,1-2H3,(H,25,27)/t16-/m0/s1. The van der Waals surface area contributed by atoms with Gasteiger partial charge in [0.05, 0.1) is 18.5 Å². The van der Waals surface area contributed by atoms with E-state index in [0.29, 0.717) is 4.88 Å². The molecule has 150 valence electrons. The van der Waals surface area contributed by atoms with Gasteiger partial charge in [0, 0.05) is 37.1 Å². The highest BCUT2D eigenvalue weighted by Crippen LogP contribution is 2.27. The highest BCUT2D eigenvalue weighted by atomic mass is 32.1. The van der Waals surface area contributed by atoms with E-state index >= 15 is 0 Å². The molecule has 1 aromatic carbocycles. The van der Waals surface area contributed by atoms with Crippen LogP contribution in [0.2, 0.25) is 0 Å². The minimum absolute atomic E-state index is 0.0559. The Bertz CT molecular complexity index is 989. The number of amides is 1. The van der Waals surface area contributed by atoms with Crippen LogP contribution in [-0.4, -0.2) is 42.1 Å². The van der Waals surface area contributed by atoms with Crippen LogP contribution in [0.25, 0.3) is 10.7 Å². The number of methoxy groups -OCH3 is 1. The van der Waals surface area contributed by atoms with Gasteiger partial charge in [-0.15, -0.1) is 11.3 Å². The number of thiazole rings is 1. The molecule has 1 amide bonds. The molecule has 0 unspecified atom stereocenters. The molecule has 0 aliphatic carbocycles. The summed E-state index contributed by atoms with van der Waals surface area (Å²) in [5, 5.41) is 3.98. The minimum atomic E-state index is -0.0559. The molecule has 0 saturated carbocycles. The number of aryl methyl sites for hydroxylation is 1. The van der Waals surface area contributed by atoms with Gasteiger partial charge in [-0.2, -0.15) is 0 Å². The molecular weight excluding hydrogens is 384 g/mol. The average molecular weight is 409 g/mol. The second-order valence-electron chi connectivity index (χ2n) is 7.11. The number of nitrogens with one attached hydrogen (secondary N) is 1. The molecule has 0 bridgehead atoms. The minimum Gasteiger partial charge on any atom is -0.497 e. The van der Waals surface area contributed by atoms with E-state index in [2.05, 4.69) is 26.3 Å². The summed E-state index contributed by atoms with van der Waals surface area (Å²) in [7, 11) is 1.68. The van der Waals surface area contributed by atoms with Crippen LogP contribution >= 0.6 is 11.3 Å². The van der Waals surface area contributed by atoms with E-state index in [1.165, 1.54) is 11.3 Å². The van der Waals surface area contributed by atoms with Gasteiger partial charge in [-0.25, -0.2) is 4.98 Å². The maximum Gasteiger partial charge on any atom is 0.263 e. The molecule has 0 spiro atoms. The number of carbonyl (C=O) groups excluding carboxylic acids is 1. The number of pyridine rings is 1. The molecule has 3 heterocycles. The van der Waals surface area contributed by atoms with Crippen molar-refractivity contribution in [2.45, 2.75) is 25.8 Å². The van der Waals surface area contributed by atoms with Crippen LogP contribution in [-0.2, 0) is 0 Å². The number of hydrogen-bond donors (Lipinski definition) is 1. The molecule has 0 radical (unpaired) electrons. The lowest BCUT2D eigenvalue weighted by atomic mass is 10.0. The summed E-state index contributed by atoms with van der Waals surface area (Å²) in [5.41, 5.74) is 2.66. The SMILES string of the molecule is COc1cccc(N2CCC[C@H](NC(=O)c3sc(-c4ccccn4)nc3C)C2)c1. The average Bonchev–Trinajstić information content (AvgIpc) is 3.16. The number of piperidine rings is 1. The zero-order valence-electron chi connectivity index (χ0n) is 16.6. The number of rotatable bonds is 5. The Hall–Kier alpha value is -2.93.